The highest BCUT2D eigenvalue weighted by Crippen LogP contribution is 2.18. The van der Waals surface area contributed by atoms with Crippen molar-refractivity contribution in [2.24, 2.45) is 0 Å². The number of benzene rings is 1. The smallest absolute Gasteiger partial charge is 0.251 e. The Bertz CT molecular complexity index is 597. The van der Waals surface area contributed by atoms with Gasteiger partial charge >= 0.3 is 0 Å². The van der Waals surface area contributed by atoms with Crippen LogP contribution in [-0.4, -0.2) is 37.2 Å². The monoisotopic (exact) mass is 305 g/mol. The Balaban J connectivity index is 2.13. The third-order valence-electron chi connectivity index (χ3n) is 2.90. The summed E-state index contributed by atoms with van der Waals surface area (Å²) in [4.78, 5) is 11.9. The molecule has 2 rings (SSSR count). The molecule has 1 saturated heterocycles. The van der Waals surface area contributed by atoms with Gasteiger partial charge in [0.15, 0.2) is 9.84 Å². The van der Waals surface area contributed by atoms with Gasteiger partial charge < -0.3 is 5.32 Å². The molecule has 104 valence electrons. The average Bonchev–Trinajstić information content (AvgIpc) is 2.50. The third-order valence-corrected chi connectivity index (χ3v) is 5.28. The van der Waals surface area contributed by atoms with Crippen molar-refractivity contribution in [2.45, 2.75) is 18.3 Å². The second kappa shape index (κ2) is 5.09. The topological polar surface area (TPSA) is 63.2 Å². The number of carbonyl (C=O) groups is 1. The normalized spacial score (nSPS) is 25.2. The largest absolute Gasteiger partial charge is 0.347 e. The van der Waals surface area contributed by atoms with Crippen molar-refractivity contribution in [1.82, 2.24) is 5.32 Å². The molecule has 0 bridgehead atoms. The van der Waals surface area contributed by atoms with Gasteiger partial charge in [-0.1, -0.05) is 0 Å². The molecule has 0 saturated carbocycles. The van der Waals surface area contributed by atoms with E-state index in [1.54, 1.807) is 6.92 Å². The van der Waals surface area contributed by atoms with E-state index in [0.717, 1.165) is 6.07 Å². The minimum Gasteiger partial charge on any atom is -0.347 e. The lowest BCUT2D eigenvalue weighted by Crippen LogP contribution is -2.40. The van der Waals surface area contributed by atoms with Gasteiger partial charge in [0.1, 0.15) is 5.82 Å². The molecular weight excluding hydrogens is 293 g/mol. The van der Waals surface area contributed by atoms with E-state index in [2.05, 4.69) is 5.32 Å². The first kappa shape index (κ1) is 14.3. The number of hydrogen-bond donors (Lipinski definition) is 1. The molecule has 4 nitrogen and oxygen atoms in total. The van der Waals surface area contributed by atoms with Gasteiger partial charge in [-0.05, 0) is 30.7 Å². The predicted molar refractivity (Wildman–Crippen MR) is 70.7 cm³/mol. The molecule has 1 amide bonds. The number of nitrogens with one attached hydrogen (secondary N) is 1. The van der Waals surface area contributed by atoms with E-state index in [0.29, 0.717) is 5.56 Å². The third kappa shape index (κ3) is 3.45. The number of rotatable bonds is 2. The zero-order chi connectivity index (χ0) is 14.2. The molecule has 19 heavy (non-hydrogen) atoms. The number of aryl methyl sites for hydroxylation is 1. The predicted octanol–water partition coefficient (Wildman–Crippen LogP) is 1.27. The Morgan fingerprint density at radius 2 is 2.05 bits per heavy atom. The summed E-state index contributed by atoms with van der Waals surface area (Å²) in [6.45, 7) is 1.67. The van der Waals surface area contributed by atoms with Crippen molar-refractivity contribution in [2.75, 3.05) is 11.5 Å². The summed E-state index contributed by atoms with van der Waals surface area (Å²) in [6.07, 6.45) is 0. The maximum Gasteiger partial charge on any atom is 0.251 e. The van der Waals surface area contributed by atoms with Gasteiger partial charge in [-0.25, -0.2) is 12.8 Å². The van der Waals surface area contributed by atoms with Crippen LogP contribution in [0.2, 0.25) is 0 Å². The van der Waals surface area contributed by atoms with Gasteiger partial charge in [0.2, 0.25) is 0 Å². The number of alkyl halides is 1. The van der Waals surface area contributed by atoms with Crippen LogP contribution < -0.4 is 5.32 Å². The highest BCUT2D eigenvalue weighted by molar-refractivity contribution is 7.91. The SMILES string of the molecule is Cc1cc(F)cc(C(=O)NC2CS(=O)(=O)CC2Cl)c1. The fourth-order valence-electron chi connectivity index (χ4n) is 2.06. The molecule has 1 fully saturated rings. The molecular formula is C12H13ClFNO3S. The second-order valence-electron chi connectivity index (χ2n) is 4.69. The molecule has 1 heterocycles. The molecule has 1 aromatic rings. The van der Waals surface area contributed by atoms with Crippen molar-refractivity contribution in [3.8, 4) is 0 Å². The zero-order valence-corrected chi connectivity index (χ0v) is 11.8. The van der Waals surface area contributed by atoms with Gasteiger partial charge in [0.25, 0.3) is 5.91 Å². The fraction of sp³-hybridized carbons (Fsp3) is 0.417. The van der Waals surface area contributed by atoms with Crippen LogP contribution >= 0.6 is 11.6 Å². The highest BCUT2D eigenvalue weighted by Gasteiger charge is 2.37. The van der Waals surface area contributed by atoms with Gasteiger partial charge in [-0.15, -0.1) is 11.6 Å². The summed E-state index contributed by atoms with van der Waals surface area (Å²) >= 11 is 5.89. The van der Waals surface area contributed by atoms with Crippen LogP contribution in [0.3, 0.4) is 0 Å². The number of amides is 1. The highest BCUT2D eigenvalue weighted by atomic mass is 35.5. The molecule has 7 heteroatoms. The lowest BCUT2D eigenvalue weighted by atomic mass is 10.1. The maximum atomic E-state index is 13.2. The van der Waals surface area contributed by atoms with Crippen molar-refractivity contribution in [3.63, 3.8) is 0 Å². The van der Waals surface area contributed by atoms with Crippen molar-refractivity contribution < 1.29 is 17.6 Å². The lowest BCUT2D eigenvalue weighted by molar-refractivity contribution is 0.0941. The van der Waals surface area contributed by atoms with Gasteiger partial charge in [0, 0.05) is 5.56 Å². The summed E-state index contributed by atoms with van der Waals surface area (Å²) in [6, 6.07) is 3.31. The number of sulfone groups is 1. The minimum absolute atomic E-state index is 0.151. The van der Waals surface area contributed by atoms with Crippen LogP contribution in [0.25, 0.3) is 0 Å². The fourth-order valence-corrected chi connectivity index (χ4v) is 4.61. The van der Waals surface area contributed by atoms with Gasteiger partial charge in [-0.3, -0.25) is 4.79 Å². The first-order valence-corrected chi connectivity index (χ1v) is 7.95. The molecule has 2 unspecified atom stereocenters. The quantitative estimate of drug-likeness (QED) is 0.837. The zero-order valence-electron chi connectivity index (χ0n) is 10.2. The molecule has 1 aliphatic heterocycles. The van der Waals surface area contributed by atoms with E-state index in [4.69, 9.17) is 11.6 Å². The van der Waals surface area contributed by atoms with E-state index < -0.39 is 33.0 Å². The van der Waals surface area contributed by atoms with Crippen molar-refractivity contribution in [1.29, 1.82) is 0 Å². The number of carbonyl (C=O) groups excluding carboxylic acids is 1. The molecule has 2 atom stereocenters. The Morgan fingerprint density at radius 1 is 1.37 bits per heavy atom. The standard InChI is InChI=1S/C12H13ClFNO3S/c1-7-2-8(4-9(14)3-7)12(16)15-11-6-19(17,18)5-10(11)13/h2-4,10-11H,5-6H2,1H3,(H,15,16). The van der Waals surface area contributed by atoms with E-state index >= 15 is 0 Å². The molecule has 1 aliphatic rings. The molecule has 0 aliphatic carbocycles. The summed E-state index contributed by atoms with van der Waals surface area (Å²) in [5.74, 6) is -1.36. The van der Waals surface area contributed by atoms with Crippen LogP contribution in [0, 0.1) is 12.7 Å². The van der Waals surface area contributed by atoms with Crippen LogP contribution in [-0.2, 0) is 9.84 Å². The maximum absolute atomic E-state index is 13.2. The Morgan fingerprint density at radius 3 is 2.58 bits per heavy atom. The van der Waals surface area contributed by atoms with Crippen molar-refractivity contribution >= 4 is 27.3 Å². The molecule has 0 radical (unpaired) electrons. The Labute approximate surface area is 115 Å². The number of hydrogen-bond acceptors (Lipinski definition) is 3. The average molecular weight is 306 g/mol. The molecule has 0 aromatic heterocycles. The Hall–Kier alpha value is -1.14. The van der Waals surface area contributed by atoms with Crippen LogP contribution in [0.15, 0.2) is 18.2 Å². The first-order valence-electron chi connectivity index (χ1n) is 5.69. The summed E-state index contributed by atoms with van der Waals surface area (Å²) < 4.78 is 36.0. The van der Waals surface area contributed by atoms with Crippen LogP contribution in [0.1, 0.15) is 15.9 Å². The van der Waals surface area contributed by atoms with E-state index in [-0.39, 0.29) is 17.1 Å². The molecule has 0 spiro atoms. The van der Waals surface area contributed by atoms with Gasteiger partial charge in [-0.2, -0.15) is 0 Å². The lowest BCUT2D eigenvalue weighted by Gasteiger charge is -2.14. The number of halogens is 2. The summed E-state index contributed by atoms with van der Waals surface area (Å²) in [5, 5.41) is 1.89. The Kier molecular flexibility index (Phi) is 3.82. The van der Waals surface area contributed by atoms with Crippen LogP contribution in [0.5, 0.6) is 0 Å². The van der Waals surface area contributed by atoms with E-state index in [1.165, 1.54) is 12.1 Å². The second-order valence-corrected chi connectivity index (χ2v) is 7.40. The van der Waals surface area contributed by atoms with E-state index in [1.807, 2.05) is 0 Å². The molecule has 1 aromatic carbocycles. The summed E-state index contributed by atoms with van der Waals surface area (Å²) in [5.41, 5.74) is 0.775. The van der Waals surface area contributed by atoms with E-state index in [9.17, 15) is 17.6 Å². The first-order chi connectivity index (χ1) is 8.77. The minimum atomic E-state index is -3.21. The van der Waals surface area contributed by atoms with Crippen molar-refractivity contribution in [3.05, 3.63) is 35.1 Å². The molecule has 1 N–H and O–H groups in total. The van der Waals surface area contributed by atoms with Crippen LogP contribution in [0.4, 0.5) is 4.39 Å². The summed E-state index contributed by atoms with van der Waals surface area (Å²) in [7, 11) is -3.21. The van der Waals surface area contributed by atoms with Gasteiger partial charge in [0.05, 0.1) is 22.9 Å².